The Morgan fingerprint density at radius 2 is 1.67 bits per heavy atom. The lowest BCUT2D eigenvalue weighted by Crippen LogP contribution is -2.24. The molecular weight excluding hydrogens is 330 g/mol. The zero-order chi connectivity index (χ0) is 17.3. The molecule has 0 aromatic heterocycles. The van der Waals surface area contributed by atoms with Gasteiger partial charge in [-0.05, 0) is 18.2 Å². The number of nitrogens with one attached hydrogen (secondary N) is 1. The highest BCUT2D eigenvalue weighted by molar-refractivity contribution is 6.50. The number of methoxy groups -OCH3 is 1. The number of Topliss-reactive ketones (excluding diaryl/α,β-unsaturated/α-hetero) is 2. The van der Waals surface area contributed by atoms with Gasteiger partial charge in [-0.1, -0.05) is 41.9 Å². The van der Waals surface area contributed by atoms with Crippen molar-refractivity contribution < 1.29 is 19.1 Å². The van der Waals surface area contributed by atoms with Gasteiger partial charge in [-0.25, -0.2) is 4.79 Å². The van der Waals surface area contributed by atoms with E-state index in [0.29, 0.717) is 16.8 Å². The fourth-order valence-corrected chi connectivity index (χ4v) is 2.68. The van der Waals surface area contributed by atoms with Crippen molar-refractivity contribution in [3.05, 3.63) is 76.0 Å². The maximum absolute atomic E-state index is 12.6. The number of rotatable bonds is 3. The van der Waals surface area contributed by atoms with Crippen molar-refractivity contribution in [3.8, 4) is 0 Å². The molecule has 0 saturated carbocycles. The summed E-state index contributed by atoms with van der Waals surface area (Å²) in [6, 6.07) is 12.9. The van der Waals surface area contributed by atoms with Gasteiger partial charge in [0.1, 0.15) is 10.7 Å². The second kappa shape index (κ2) is 6.29. The molecule has 1 aliphatic rings. The predicted octanol–water partition coefficient (Wildman–Crippen LogP) is 3.41. The van der Waals surface area contributed by atoms with Crippen LogP contribution >= 0.6 is 11.6 Å². The first-order valence-electron chi connectivity index (χ1n) is 7.06. The van der Waals surface area contributed by atoms with Crippen LogP contribution in [0.5, 0.6) is 0 Å². The third kappa shape index (κ3) is 2.70. The number of halogens is 1. The molecule has 2 aromatic rings. The summed E-state index contributed by atoms with van der Waals surface area (Å²) in [4.78, 5) is 36.5. The van der Waals surface area contributed by atoms with Crippen molar-refractivity contribution in [1.82, 2.24) is 0 Å². The van der Waals surface area contributed by atoms with Crippen molar-refractivity contribution >= 4 is 34.8 Å². The summed E-state index contributed by atoms with van der Waals surface area (Å²) in [5.41, 5.74) is 1.32. The molecule has 24 heavy (non-hydrogen) atoms. The number of hydrogen-bond donors (Lipinski definition) is 1. The minimum atomic E-state index is -0.505. The summed E-state index contributed by atoms with van der Waals surface area (Å²) in [5, 5.41) is 2.66. The van der Waals surface area contributed by atoms with Gasteiger partial charge in [0.2, 0.25) is 11.6 Å². The van der Waals surface area contributed by atoms with E-state index < -0.39 is 11.8 Å². The maximum atomic E-state index is 12.6. The first-order chi connectivity index (χ1) is 11.5. The van der Waals surface area contributed by atoms with Gasteiger partial charge in [0.15, 0.2) is 0 Å². The number of hydrogen-bond acceptors (Lipinski definition) is 5. The standard InChI is InChI=1S/C18H12ClNO4/c1-24-18(23)10-5-4-6-11(9-10)20-15-14(19)16(21)12-7-2-3-8-13(12)17(15)22/h2-9,20H,1H3. The summed E-state index contributed by atoms with van der Waals surface area (Å²) < 4.78 is 4.66. The van der Waals surface area contributed by atoms with E-state index in [9.17, 15) is 14.4 Å². The van der Waals surface area contributed by atoms with Gasteiger partial charge < -0.3 is 10.1 Å². The zero-order valence-corrected chi connectivity index (χ0v) is 13.4. The molecule has 1 aliphatic carbocycles. The Morgan fingerprint density at radius 1 is 1.00 bits per heavy atom. The number of allylic oxidation sites excluding steroid dienone is 2. The van der Waals surface area contributed by atoms with Gasteiger partial charge in [-0.15, -0.1) is 0 Å². The number of benzene rings is 2. The average Bonchev–Trinajstić information content (AvgIpc) is 2.63. The summed E-state index contributed by atoms with van der Waals surface area (Å²) in [6.45, 7) is 0. The van der Waals surface area contributed by atoms with Crippen LogP contribution < -0.4 is 5.32 Å². The lowest BCUT2D eigenvalue weighted by atomic mass is 9.92. The van der Waals surface area contributed by atoms with Crippen LogP contribution in [0.2, 0.25) is 0 Å². The first kappa shape index (κ1) is 16.0. The van der Waals surface area contributed by atoms with Crippen molar-refractivity contribution in [2.45, 2.75) is 0 Å². The van der Waals surface area contributed by atoms with Crippen LogP contribution in [0.25, 0.3) is 0 Å². The van der Waals surface area contributed by atoms with Crippen LogP contribution in [0.1, 0.15) is 31.1 Å². The molecule has 0 aliphatic heterocycles. The van der Waals surface area contributed by atoms with Gasteiger partial charge >= 0.3 is 5.97 Å². The van der Waals surface area contributed by atoms with Gasteiger partial charge in [0, 0.05) is 16.8 Å². The lowest BCUT2D eigenvalue weighted by molar-refractivity contribution is 0.0600. The van der Waals surface area contributed by atoms with E-state index in [-0.39, 0.29) is 22.1 Å². The zero-order valence-electron chi connectivity index (χ0n) is 12.6. The third-order valence-electron chi connectivity index (χ3n) is 3.62. The van der Waals surface area contributed by atoms with Crippen molar-refractivity contribution in [3.63, 3.8) is 0 Å². The maximum Gasteiger partial charge on any atom is 0.337 e. The monoisotopic (exact) mass is 341 g/mol. The molecule has 3 rings (SSSR count). The number of carbonyl (C=O) groups excluding carboxylic acids is 3. The van der Waals surface area contributed by atoms with Gasteiger partial charge in [-0.2, -0.15) is 0 Å². The average molecular weight is 342 g/mol. The third-order valence-corrected chi connectivity index (χ3v) is 3.98. The predicted molar refractivity (Wildman–Crippen MR) is 89.4 cm³/mol. The summed E-state index contributed by atoms with van der Waals surface area (Å²) in [5.74, 6) is -1.30. The van der Waals surface area contributed by atoms with Crippen molar-refractivity contribution in [1.29, 1.82) is 0 Å². The number of ketones is 2. The summed E-state index contributed by atoms with van der Waals surface area (Å²) >= 11 is 6.09. The SMILES string of the molecule is COC(=O)c1cccc(NC2=C(Cl)C(=O)c3ccccc3C2=O)c1. The van der Waals surface area contributed by atoms with Crippen LogP contribution in [0.3, 0.4) is 0 Å². The summed E-state index contributed by atoms with van der Waals surface area (Å²) in [6.07, 6.45) is 0. The smallest absolute Gasteiger partial charge is 0.337 e. The quantitative estimate of drug-likeness (QED) is 0.866. The lowest BCUT2D eigenvalue weighted by Gasteiger charge is -2.19. The Balaban J connectivity index is 1.99. The highest BCUT2D eigenvalue weighted by Crippen LogP contribution is 2.29. The minimum Gasteiger partial charge on any atom is -0.465 e. The Kier molecular flexibility index (Phi) is 4.18. The molecular formula is C18H12ClNO4. The number of esters is 1. The Morgan fingerprint density at radius 3 is 2.33 bits per heavy atom. The van der Waals surface area contributed by atoms with Gasteiger partial charge in [0.05, 0.1) is 12.7 Å². The molecule has 0 saturated heterocycles. The molecule has 0 heterocycles. The molecule has 5 nitrogen and oxygen atoms in total. The number of carbonyl (C=O) groups is 3. The number of anilines is 1. The molecule has 0 unspecified atom stereocenters. The Hall–Kier alpha value is -2.92. The fraction of sp³-hybridized carbons (Fsp3) is 0.0556. The normalized spacial score (nSPS) is 13.6. The van der Waals surface area contributed by atoms with Crippen LogP contribution in [0, 0.1) is 0 Å². The molecule has 0 spiro atoms. The molecule has 0 fully saturated rings. The highest BCUT2D eigenvalue weighted by atomic mass is 35.5. The number of ether oxygens (including phenoxy) is 1. The van der Waals surface area contributed by atoms with E-state index in [4.69, 9.17) is 11.6 Å². The van der Waals surface area contributed by atoms with Gasteiger partial charge in [-0.3, -0.25) is 9.59 Å². The Bertz CT molecular complexity index is 901. The molecule has 1 N–H and O–H groups in total. The van der Waals surface area contributed by atoms with Crippen LogP contribution in [-0.4, -0.2) is 24.6 Å². The molecule has 0 radical (unpaired) electrons. The van der Waals surface area contributed by atoms with E-state index in [1.54, 1.807) is 42.5 Å². The molecule has 120 valence electrons. The molecule has 0 atom stereocenters. The molecule has 6 heteroatoms. The Labute approximate surface area is 142 Å². The fourth-order valence-electron chi connectivity index (χ4n) is 2.44. The van der Waals surface area contributed by atoms with Crippen LogP contribution in [0.4, 0.5) is 5.69 Å². The van der Waals surface area contributed by atoms with E-state index in [1.807, 2.05) is 0 Å². The second-order valence-electron chi connectivity index (χ2n) is 5.09. The van der Waals surface area contributed by atoms with Gasteiger partial charge in [0.25, 0.3) is 0 Å². The molecule has 0 amide bonds. The van der Waals surface area contributed by atoms with E-state index in [2.05, 4.69) is 10.1 Å². The highest BCUT2D eigenvalue weighted by Gasteiger charge is 2.31. The first-order valence-corrected chi connectivity index (χ1v) is 7.44. The molecule has 2 aromatic carbocycles. The molecule has 0 bridgehead atoms. The largest absolute Gasteiger partial charge is 0.465 e. The minimum absolute atomic E-state index is 0.0117. The van der Waals surface area contributed by atoms with Crippen LogP contribution in [0.15, 0.2) is 59.3 Å². The number of fused-ring (bicyclic) bond motifs is 1. The van der Waals surface area contributed by atoms with E-state index in [0.717, 1.165) is 0 Å². The van der Waals surface area contributed by atoms with E-state index >= 15 is 0 Å². The summed E-state index contributed by atoms with van der Waals surface area (Å²) in [7, 11) is 1.28. The second-order valence-corrected chi connectivity index (χ2v) is 5.47. The van der Waals surface area contributed by atoms with Crippen molar-refractivity contribution in [2.24, 2.45) is 0 Å². The van der Waals surface area contributed by atoms with Crippen LogP contribution in [-0.2, 0) is 4.74 Å². The topological polar surface area (TPSA) is 72.5 Å². The van der Waals surface area contributed by atoms with E-state index in [1.165, 1.54) is 13.2 Å². The van der Waals surface area contributed by atoms with Crippen molar-refractivity contribution in [2.75, 3.05) is 12.4 Å².